The van der Waals surface area contributed by atoms with Crippen LogP contribution in [0.4, 0.5) is 0 Å². The molecule has 106 valence electrons. The minimum atomic E-state index is 0.546. The topological polar surface area (TPSA) is 38.5 Å². The molecule has 2 rings (SSSR count). The second-order valence-electron chi connectivity index (χ2n) is 5.85. The van der Waals surface area contributed by atoms with Crippen molar-refractivity contribution in [1.82, 2.24) is 4.90 Å². The van der Waals surface area contributed by atoms with Crippen molar-refractivity contribution in [3.05, 3.63) is 0 Å². The molecule has 0 amide bonds. The van der Waals surface area contributed by atoms with E-state index in [9.17, 15) is 0 Å². The van der Waals surface area contributed by atoms with Crippen LogP contribution in [-0.2, 0) is 4.74 Å². The first-order chi connectivity index (χ1) is 8.92. The number of fused-ring (bicyclic) bond motifs is 1. The Morgan fingerprint density at radius 1 is 1.00 bits per heavy atom. The molecule has 0 aromatic heterocycles. The van der Waals surface area contributed by atoms with Gasteiger partial charge in [0, 0.05) is 12.6 Å². The number of nitrogens with two attached hydrogens (primary N) is 1. The normalized spacial score (nSPS) is 29.2. The van der Waals surface area contributed by atoms with Crippen LogP contribution in [0.15, 0.2) is 0 Å². The molecule has 18 heavy (non-hydrogen) atoms. The maximum absolute atomic E-state index is 5.92. The number of morpholine rings is 1. The molecule has 1 aliphatic heterocycles. The monoisotopic (exact) mass is 254 g/mol. The highest BCUT2D eigenvalue weighted by molar-refractivity contribution is 4.87. The minimum Gasteiger partial charge on any atom is -0.375 e. The van der Waals surface area contributed by atoms with E-state index in [0.29, 0.717) is 6.10 Å². The minimum absolute atomic E-state index is 0.546. The van der Waals surface area contributed by atoms with E-state index < -0.39 is 0 Å². The Morgan fingerprint density at radius 2 is 1.78 bits per heavy atom. The van der Waals surface area contributed by atoms with Crippen LogP contribution in [0.5, 0.6) is 0 Å². The van der Waals surface area contributed by atoms with Crippen LogP contribution in [0.2, 0.25) is 0 Å². The van der Waals surface area contributed by atoms with E-state index in [1.54, 1.807) is 0 Å². The molecule has 0 radical (unpaired) electrons. The van der Waals surface area contributed by atoms with Crippen molar-refractivity contribution >= 4 is 0 Å². The van der Waals surface area contributed by atoms with Crippen molar-refractivity contribution in [1.29, 1.82) is 0 Å². The van der Waals surface area contributed by atoms with Gasteiger partial charge < -0.3 is 10.5 Å². The Kier molecular flexibility index (Phi) is 6.46. The summed E-state index contributed by atoms with van der Waals surface area (Å²) in [7, 11) is 0. The molecule has 0 aromatic rings. The van der Waals surface area contributed by atoms with Gasteiger partial charge in [-0.2, -0.15) is 0 Å². The maximum Gasteiger partial charge on any atom is 0.0730 e. The molecule has 2 aliphatic rings. The van der Waals surface area contributed by atoms with E-state index in [2.05, 4.69) is 4.90 Å². The van der Waals surface area contributed by atoms with Crippen LogP contribution in [-0.4, -0.2) is 43.3 Å². The highest BCUT2D eigenvalue weighted by Gasteiger charge is 2.33. The fourth-order valence-electron chi connectivity index (χ4n) is 3.44. The fraction of sp³-hybridized carbons (Fsp3) is 1.00. The van der Waals surface area contributed by atoms with Gasteiger partial charge in [-0.3, -0.25) is 4.90 Å². The lowest BCUT2D eigenvalue weighted by molar-refractivity contribution is -0.0882. The Labute approximate surface area is 112 Å². The van der Waals surface area contributed by atoms with Gasteiger partial charge in [-0.25, -0.2) is 0 Å². The summed E-state index contributed by atoms with van der Waals surface area (Å²) < 4.78 is 5.92. The van der Waals surface area contributed by atoms with Gasteiger partial charge in [0.15, 0.2) is 0 Å². The summed E-state index contributed by atoms with van der Waals surface area (Å²) in [6.07, 6.45) is 12.6. The highest BCUT2D eigenvalue weighted by atomic mass is 16.5. The zero-order chi connectivity index (χ0) is 12.6. The smallest absolute Gasteiger partial charge is 0.0730 e. The molecule has 1 aliphatic carbocycles. The van der Waals surface area contributed by atoms with E-state index in [1.165, 1.54) is 64.3 Å². The second kappa shape index (κ2) is 8.13. The van der Waals surface area contributed by atoms with Crippen molar-refractivity contribution in [2.24, 2.45) is 5.73 Å². The largest absolute Gasteiger partial charge is 0.375 e. The number of hydrogen-bond acceptors (Lipinski definition) is 3. The Hall–Kier alpha value is -0.120. The summed E-state index contributed by atoms with van der Waals surface area (Å²) in [5, 5.41) is 0. The Balaban J connectivity index is 1.62. The standard InChI is InChI=1S/C15H30N2O/c16-10-6-2-1-3-7-11-17-12-13-18-15-9-5-4-8-14(15)17/h14-15H,1-13,16H2. The van der Waals surface area contributed by atoms with Crippen LogP contribution in [0.3, 0.4) is 0 Å². The molecule has 1 saturated carbocycles. The summed E-state index contributed by atoms with van der Waals surface area (Å²) in [6.45, 7) is 4.25. The zero-order valence-electron chi connectivity index (χ0n) is 11.8. The number of ether oxygens (including phenoxy) is 1. The van der Waals surface area contributed by atoms with Gasteiger partial charge in [0.25, 0.3) is 0 Å². The van der Waals surface area contributed by atoms with Crippen LogP contribution in [0.25, 0.3) is 0 Å². The van der Waals surface area contributed by atoms with Crippen molar-refractivity contribution in [3.8, 4) is 0 Å². The summed E-state index contributed by atoms with van der Waals surface area (Å²) in [4.78, 5) is 2.70. The first-order valence-corrected chi connectivity index (χ1v) is 7.97. The molecule has 0 spiro atoms. The van der Waals surface area contributed by atoms with Gasteiger partial charge in [-0.1, -0.05) is 32.1 Å². The van der Waals surface area contributed by atoms with E-state index in [4.69, 9.17) is 10.5 Å². The third-order valence-corrected chi connectivity index (χ3v) is 4.50. The number of hydrogen-bond donors (Lipinski definition) is 1. The van der Waals surface area contributed by atoms with Crippen LogP contribution in [0, 0.1) is 0 Å². The predicted molar refractivity (Wildman–Crippen MR) is 75.7 cm³/mol. The molecule has 2 atom stereocenters. The zero-order valence-corrected chi connectivity index (χ0v) is 11.8. The number of unbranched alkanes of at least 4 members (excludes halogenated alkanes) is 4. The lowest BCUT2D eigenvalue weighted by Crippen LogP contribution is -2.52. The first kappa shape index (κ1) is 14.3. The maximum atomic E-state index is 5.92. The van der Waals surface area contributed by atoms with E-state index in [0.717, 1.165) is 25.7 Å². The van der Waals surface area contributed by atoms with Crippen LogP contribution in [0.1, 0.15) is 57.8 Å². The first-order valence-electron chi connectivity index (χ1n) is 7.97. The molecule has 1 heterocycles. The molecule has 0 bridgehead atoms. The van der Waals surface area contributed by atoms with Crippen LogP contribution < -0.4 is 5.73 Å². The van der Waals surface area contributed by atoms with Gasteiger partial charge in [0.2, 0.25) is 0 Å². The molecule has 2 N–H and O–H groups in total. The molecule has 3 heteroatoms. The molecule has 2 unspecified atom stereocenters. The second-order valence-corrected chi connectivity index (χ2v) is 5.85. The van der Waals surface area contributed by atoms with Gasteiger partial charge in [0.05, 0.1) is 12.7 Å². The van der Waals surface area contributed by atoms with E-state index >= 15 is 0 Å². The molecule has 1 saturated heterocycles. The third kappa shape index (κ3) is 4.22. The van der Waals surface area contributed by atoms with Crippen molar-refractivity contribution in [2.45, 2.75) is 69.9 Å². The average molecular weight is 254 g/mol. The average Bonchev–Trinajstić information content (AvgIpc) is 2.43. The third-order valence-electron chi connectivity index (χ3n) is 4.50. The lowest BCUT2D eigenvalue weighted by Gasteiger charge is -2.43. The Morgan fingerprint density at radius 3 is 2.67 bits per heavy atom. The van der Waals surface area contributed by atoms with Gasteiger partial charge in [0.1, 0.15) is 0 Å². The van der Waals surface area contributed by atoms with Gasteiger partial charge in [-0.15, -0.1) is 0 Å². The van der Waals surface area contributed by atoms with Crippen molar-refractivity contribution in [3.63, 3.8) is 0 Å². The van der Waals surface area contributed by atoms with E-state index in [-0.39, 0.29) is 0 Å². The predicted octanol–water partition coefficient (Wildman–Crippen LogP) is 2.54. The fourth-order valence-corrected chi connectivity index (χ4v) is 3.44. The van der Waals surface area contributed by atoms with Crippen molar-refractivity contribution < 1.29 is 4.74 Å². The molecule has 0 aromatic carbocycles. The van der Waals surface area contributed by atoms with Crippen molar-refractivity contribution in [2.75, 3.05) is 26.2 Å². The molecular weight excluding hydrogens is 224 g/mol. The molecule has 3 nitrogen and oxygen atoms in total. The van der Waals surface area contributed by atoms with E-state index in [1.807, 2.05) is 0 Å². The van der Waals surface area contributed by atoms with Gasteiger partial charge in [-0.05, 0) is 38.8 Å². The lowest BCUT2D eigenvalue weighted by atomic mass is 9.90. The number of rotatable bonds is 7. The number of nitrogens with zero attached hydrogens (tertiary/aromatic N) is 1. The quantitative estimate of drug-likeness (QED) is 0.710. The Bertz CT molecular complexity index is 221. The summed E-state index contributed by atoms with van der Waals surface area (Å²) in [6, 6.07) is 0.733. The highest BCUT2D eigenvalue weighted by Crippen LogP contribution is 2.28. The van der Waals surface area contributed by atoms with Crippen LogP contribution >= 0.6 is 0 Å². The molecular formula is C15H30N2O. The summed E-state index contributed by atoms with van der Waals surface area (Å²) in [5.74, 6) is 0. The summed E-state index contributed by atoms with van der Waals surface area (Å²) in [5.41, 5.74) is 5.51. The SMILES string of the molecule is NCCCCCCCN1CCOC2CCCCC21. The molecule has 2 fully saturated rings. The summed E-state index contributed by atoms with van der Waals surface area (Å²) >= 11 is 0. The van der Waals surface area contributed by atoms with Gasteiger partial charge >= 0.3 is 0 Å².